The number of aromatic nitrogens is 1. The van der Waals surface area contributed by atoms with Gasteiger partial charge in [0.05, 0.1) is 10.6 Å². The lowest BCUT2D eigenvalue weighted by Gasteiger charge is -2.37. The SMILES string of the molecule is O=[N+]([O-])c1ccc(N2CCN(c3ccc(F)cc3S(=O)(=O)C(F)(F)F)CC2)nc1. The Labute approximate surface area is 162 Å². The smallest absolute Gasteiger partial charge is 0.367 e. The quantitative estimate of drug-likeness (QED) is 0.415. The van der Waals surface area contributed by atoms with Crippen LogP contribution in [0.4, 0.5) is 34.8 Å². The molecule has 0 saturated carbocycles. The van der Waals surface area contributed by atoms with Crippen molar-refractivity contribution in [2.45, 2.75) is 10.4 Å². The Balaban J connectivity index is 1.82. The molecule has 0 spiro atoms. The summed E-state index contributed by atoms with van der Waals surface area (Å²) in [4.78, 5) is 16.1. The second kappa shape index (κ2) is 7.46. The van der Waals surface area contributed by atoms with Crippen molar-refractivity contribution >= 4 is 27.0 Å². The van der Waals surface area contributed by atoms with E-state index in [1.54, 1.807) is 4.90 Å². The van der Waals surface area contributed by atoms with Gasteiger partial charge in [-0.1, -0.05) is 0 Å². The Morgan fingerprint density at radius 2 is 1.66 bits per heavy atom. The lowest BCUT2D eigenvalue weighted by molar-refractivity contribution is -0.385. The molecule has 2 aromatic rings. The van der Waals surface area contributed by atoms with Gasteiger partial charge < -0.3 is 9.80 Å². The first-order chi connectivity index (χ1) is 13.5. The molecule has 1 aromatic heterocycles. The molecule has 2 heterocycles. The monoisotopic (exact) mass is 434 g/mol. The maximum atomic E-state index is 13.5. The van der Waals surface area contributed by atoms with Crippen LogP contribution in [0.3, 0.4) is 0 Å². The number of rotatable bonds is 4. The molecular formula is C16H14F4N4O4S. The molecule has 1 aliphatic heterocycles. The molecular weight excluding hydrogens is 420 g/mol. The number of hydrogen-bond acceptors (Lipinski definition) is 7. The van der Waals surface area contributed by atoms with E-state index in [1.807, 2.05) is 0 Å². The zero-order valence-electron chi connectivity index (χ0n) is 14.6. The summed E-state index contributed by atoms with van der Waals surface area (Å²) in [6, 6.07) is 5.00. The predicted octanol–water partition coefficient (Wildman–Crippen LogP) is 2.75. The van der Waals surface area contributed by atoms with Crippen molar-refractivity contribution in [2.24, 2.45) is 0 Å². The van der Waals surface area contributed by atoms with Crippen LogP contribution >= 0.6 is 0 Å². The molecule has 8 nitrogen and oxygen atoms in total. The van der Waals surface area contributed by atoms with Gasteiger partial charge in [0.25, 0.3) is 15.5 Å². The van der Waals surface area contributed by atoms with Crippen molar-refractivity contribution in [1.82, 2.24) is 4.98 Å². The number of benzene rings is 1. The minimum Gasteiger partial charge on any atom is -0.367 e. The lowest BCUT2D eigenvalue weighted by Crippen LogP contribution is -2.47. The first-order valence-electron chi connectivity index (χ1n) is 8.22. The van der Waals surface area contributed by atoms with Crippen LogP contribution in [-0.2, 0) is 9.84 Å². The molecule has 0 atom stereocenters. The second-order valence-electron chi connectivity index (χ2n) is 6.17. The number of pyridine rings is 1. The van der Waals surface area contributed by atoms with Gasteiger partial charge in [0, 0.05) is 32.2 Å². The Morgan fingerprint density at radius 1 is 1.03 bits per heavy atom. The topological polar surface area (TPSA) is 96.6 Å². The molecule has 0 radical (unpaired) electrons. The van der Waals surface area contributed by atoms with Crippen LogP contribution in [0, 0.1) is 15.9 Å². The molecule has 0 aliphatic carbocycles. The largest absolute Gasteiger partial charge is 0.501 e. The molecule has 0 unspecified atom stereocenters. The van der Waals surface area contributed by atoms with E-state index in [1.165, 1.54) is 17.0 Å². The van der Waals surface area contributed by atoms with E-state index in [0.29, 0.717) is 11.9 Å². The number of anilines is 2. The number of piperazine rings is 1. The van der Waals surface area contributed by atoms with Crippen LogP contribution in [0.2, 0.25) is 0 Å². The molecule has 156 valence electrons. The number of nitro groups is 1. The Kier molecular flexibility index (Phi) is 5.34. The fourth-order valence-electron chi connectivity index (χ4n) is 2.94. The third-order valence-corrected chi connectivity index (χ3v) is 5.92. The van der Waals surface area contributed by atoms with Crippen molar-refractivity contribution in [2.75, 3.05) is 36.0 Å². The zero-order chi connectivity index (χ0) is 21.4. The minimum atomic E-state index is -5.73. The number of sulfone groups is 1. The Morgan fingerprint density at radius 3 is 2.17 bits per heavy atom. The highest BCUT2D eigenvalue weighted by atomic mass is 32.2. The third-order valence-electron chi connectivity index (χ3n) is 4.40. The van der Waals surface area contributed by atoms with Gasteiger partial charge >= 0.3 is 5.51 Å². The maximum Gasteiger partial charge on any atom is 0.501 e. The van der Waals surface area contributed by atoms with E-state index in [2.05, 4.69) is 4.98 Å². The number of halogens is 4. The molecule has 3 rings (SSSR count). The molecule has 1 aromatic carbocycles. The number of hydrogen-bond donors (Lipinski definition) is 0. The zero-order valence-corrected chi connectivity index (χ0v) is 15.5. The van der Waals surface area contributed by atoms with Crippen LogP contribution in [-0.4, -0.2) is 50.0 Å². The lowest BCUT2D eigenvalue weighted by atomic mass is 10.2. The van der Waals surface area contributed by atoms with E-state index in [4.69, 9.17) is 0 Å². The summed E-state index contributed by atoms with van der Waals surface area (Å²) in [6.07, 6.45) is 1.09. The van der Waals surface area contributed by atoms with Gasteiger partial charge in [-0.3, -0.25) is 10.1 Å². The first kappa shape index (κ1) is 20.8. The highest BCUT2D eigenvalue weighted by molar-refractivity contribution is 7.92. The Bertz CT molecular complexity index is 1020. The average molecular weight is 434 g/mol. The van der Waals surface area contributed by atoms with Gasteiger partial charge in [0.15, 0.2) is 0 Å². The van der Waals surface area contributed by atoms with Gasteiger partial charge in [-0.25, -0.2) is 17.8 Å². The number of alkyl halides is 3. The summed E-state index contributed by atoms with van der Waals surface area (Å²) in [5.74, 6) is -0.650. The van der Waals surface area contributed by atoms with E-state index in [9.17, 15) is 36.1 Å². The van der Waals surface area contributed by atoms with Crippen molar-refractivity contribution in [1.29, 1.82) is 0 Å². The van der Waals surface area contributed by atoms with Crippen molar-refractivity contribution < 1.29 is 30.9 Å². The second-order valence-corrected chi connectivity index (χ2v) is 8.08. The highest BCUT2D eigenvalue weighted by Gasteiger charge is 2.48. The van der Waals surface area contributed by atoms with Crippen molar-refractivity contribution in [3.05, 3.63) is 52.5 Å². The van der Waals surface area contributed by atoms with Crippen LogP contribution in [0.15, 0.2) is 41.4 Å². The standard InChI is InChI=1S/C16H14F4N4O4S/c17-11-1-3-13(14(9-11)29(27,28)16(18,19)20)22-5-7-23(8-6-22)15-4-2-12(10-21-15)24(25)26/h1-4,9-10H,5-8H2. The fraction of sp³-hybridized carbons (Fsp3) is 0.312. The van der Waals surface area contributed by atoms with E-state index in [-0.39, 0.29) is 37.6 Å². The third kappa shape index (κ3) is 4.09. The van der Waals surface area contributed by atoms with E-state index in [0.717, 1.165) is 18.3 Å². The van der Waals surface area contributed by atoms with Crippen LogP contribution in [0.25, 0.3) is 0 Å². The maximum absolute atomic E-state index is 13.5. The minimum absolute atomic E-state index is 0.144. The summed E-state index contributed by atoms with van der Waals surface area (Å²) in [5, 5.41) is 10.7. The summed E-state index contributed by atoms with van der Waals surface area (Å²) in [7, 11) is -5.73. The molecule has 0 bridgehead atoms. The fourth-order valence-corrected chi connectivity index (χ4v) is 3.93. The summed E-state index contributed by atoms with van der Waals surface area (Å²) >= 11 is 0. The first-order valence-corrected chi connectivity index (χ1v) is 9.70. The summed E-state index contributed by atoms with van der Waals surface area (Å²) < 4.78 is 76.1. The van der Waals surface area contributed by atoms with Crippen LogP contribution < -0.4 is 9.80 Å². The van der Waals surface area contributed by atoms with Crippen molar-refractivity contribution in [3.8, 4) is 0 Å². The molecule has 1 fully saturated rings. The highest BCUT2D eigenvalue weighted by Crippen LogP contribution is 2.36. The molecule has 0 N–H and O–H groups in total. The normalized spacial score (nSPS) is 15.4. The molecule has 13 heteroatoms. The van der Waals surface area contributed by atoms with Gasteiger partial charge in [-0.2, -0.15) is 13.2 Å². The van der Waals surface area contributed by atoms with Gasteiger partial charge in [0.2, 0.25) is 0 Å². The number of nitrogens with zero attached hydrogens (tertiary/aromatic N) is 4. The summed E-state index contributed by atoms with van der Waals surface area (Å²) in [5.41, 5.74) is -5.97. The molecule has 1 aliphatic rings. The molecule has 0 amide bonds. The molecule has 29 heavy (non-hydrogen) atoms. The van der Waals surface area contributed by atoms with Crippen LogP contribution in [0.5, 0.6) is 0 Å². The van der Waals surface area contributed by atoms with E-state index >= 15 is 0 Å². The summed E-state index contributed by atoms with van der Waals surface area (Å²) in [6.45, 7) is 0.830. The van der Waals surface area contributed by atoms with E-state index < -0.39 is 31.0 Å². The predicted molar refractivity (Wildman–Crippen MR) is 95.0 cm³/mol. The van der Waals surface area contributed by atoms with Gasteiger partial charge in [0.1, 0.15) is 22.7 Å². The average Bonchev–Trinajstić information content (AvgIpc) is 2.67. The van der Waals surface area contributed by atoms with Crippen LogP contribution in [0.1, 0.15) is 0 Å². The molecule has 1 saturated heterocycles. The van der Waals surface area contributed by atoms with Crippen molar-refractivity contribution in [3.63, 3.8) is 0 Å². The van der Waals surface area contributed by atoms with Gasteiger partial charge in [-0.05, 0) is 24.3 Å². The Hall–Kier alpha value is -2.96. The van der Waals surface area contributed by atoms with Gasteiger partial charge in [-0.15, -0.1) is 0 Å².